The standard InChI is InChI=1S/C15H21FN2O2.ClH/c16-13-3-1-12(2-4-13)11-18-9-6-14(7-10-18)17-8-5-15(19)20;/h1-4,14,17H,5-11H2,(H,19,20);1H. The molecule has 0 bridgehead atoms. The molecule has 0 amide bonds. The van der Waals surface area contributed by atoms with E-state index in [1.807, 2.05) is 12.1 Å². The first kappa shape index (κ1) is 17.9. The molecule has 1 heterocycles. The van der Waals surface area contributed by atoms with Gasteiger partial charge in [0.15, 0.2) is 0 Å². The van der Waals surface area contributed by atoms with Crippen LogP contribution in [0.3, 0.4) is 0 Å². The summed E-state index contributed by atoms with van der Waals surface area (Å²) in [5, 5.41) is 11.9. The van der Waals surface area contributed by atoms with Crippen molar-refractivity contribution in [2.45, 2.75) is 31.8 Å². The van der Waals surface area contributed by atoms with Gasteiger partial charge in [-0.05, 0) is 43.6 Å². The highest BCUT2D eigenvalue weighted by atomic mass is 35.5. The number of hydrogen-bond acceptors (Lipinski definition) is 3. The number of carboxylic acid groups (broad SMARTS) is 1. The third-order valence-electron chi connectivity index (χ3n) is 3.68. The van der Waals surface area contributed by atoms with Gasteiger partial charge in [0.25, 0.3) is 0 Å². The van der Waals surface area contributed by atoms with Crippen molar-refractivity contribution < 1.29 is 14.3 Å². The van der Waals surface area contributed by atoms with Crippen LogP contribution in [-0.2, 0) is 11.3 Å². The summed E-state index contributed by atoms with van der Waals surface area (Å²) in [6, 6.07) is 7.06. The molecular weight excluding hydrogens is 295 g/mol. The Morgan fingerprint density at radius 3 is 2.48 bits per heavy atom. The van der Waals surface area contributed by atoms with Gasteiger partial charge < -0.3 is 10.4 Å². The molecule has 1 aromatic carbocycles. The van der Waals surface area contributed by atoms with E-state index in [0.717, 1.165) is 38.0 Å². The van der Waals surface area contributed by atoms with Crippen LogP contribution in [0.25, 0.3) is 0 Å². The van der Waals surface area contributed by atoms with E-state index in [9.17, 15) is 9.18 Å². The number of benzene rings is 1. The second-order valence-corrected chi connectivity index (χ2v) is 5.27. The topological polar surface area (TPSA) is 52.6 Å². The number of nitrogens with zero attached hydrogens (tertiary/aromatic N) is 1. The van der Waals surface area contributed by atoms with E-state index in [0.29, 0.717) is 12.6 Å². The average molecular weight is 317 g/mol. The Hall–Kier alpha value is -1.17. The van der Waals surface area contributed by atoms with Gasteiger partial charge in [-0.2, -0.15) is 0 Å². The summed E-state index contributed by atoms with van der Waals surface area (Å²) < 4.78 is 12.8. The smallest absolute Gasteiger partial charge is 0.304 e. The molecule has 4 nitrogen and oxygen atoms in total. The minimum Gasteiger partial charge on any atom is -0.481 e. The third kappa shape index (κ3) is 6.42. The van der Waals surface area contributed by atoms with Crippen LogP contribution < -0.4 is 5.32 Å². The first-order valence-electron chi connectivity index (χ1n) is 7.05. The zero-order valence-corrected chi connectivity index (χ0v) is 12.7. The fourth-order valence-corrected chi connectivity index (χ4v) is 2.53. The SMILES string of the molecule is Cl.O=C(O)CCNC1CCN(Cc2ccc(F)cc2)CC1. The van der Waals surface area contributed by atoms with E-state index >= 15 is 0 Å². The molecule has 1 saturated heterocycles. The van der Waals surface area contributed by atoms with Crippen molar-refractivity contribution in [3.8, 4) is 0 Å². The molecule has 1 aliphatic rings. The molecule has 0 aromatic heterocycles. The molecule has 118 valence electrons. The maximum atomic E-state index is 12.8. The van der Waals surface area contributed by atoms with Crippen LogP contribution in [0.4, 0.5) is 4.39 Å². The zero-order valence-electron chi connectivity index (χ0n) is 11.9. The summed E-state index contributed by atoms with van der Waals surface area (Å²) >= 11 is 0. The number of carbonyl (C=O) groups is 1. The van der Waals surface area contributed by atoms with E-state index in [1.54, 1.807) is 0 Å². The lowest BCUT2D eigenvalue weighted by atomic mass is 10.0. The molecule has 1 fully saturated rings. The Morgan fingerprint density at radius 1 is 1.29 bits per heavy atom. The summed E-state index contributed by atoms with van der Waals surface area (Å²) in [5.41, 5.74) is 1.13. The molecule has 1 aliphatic heterocycles. The number of likely N-dealkylation sites (tertiary alicyclic amines) is 1. The van der Waals surface area contributed by atoms with Gasteiger partial charge in [0.1, 0.15) is 5.82 Å². The second kappa shape index (κ2) is 8.97. The van der Waals surface area contributed by atoms with E-state index in [2.05, 4.69) is 10.2 Å². The summed E-state index contributed by atoms with van der Waals surface area (Å²) in [5.74, 6) is -0.957. The Labute approximate surface area is 130 Å². The molecular formula is C15H22ClFN2O2. The first-order valence-corrected chi connectivity index (χ1v) is 7.05. The number of halogens is 2. The van der Waals surface area contributed by atoms with Crippen LogP contribution in [0.1, 0.15) is 24.8 Å². The average Bonchev–Trinajstić information content (AvgIpc) is 2.43. The molecule has 6 heteroatoms. The Balaban J connectivity index is 0.00000220. The molecule has 21 heavy (non-hydrogen) atoms. The lowest BCUT2D eigenvalue weighted by molar-refractivity contribution is -0.136. The zero-order chi connectivity index (χ0) is 14.4. The van der Waals surface area contributed by atoms with Crippen LogP contribution in [0.2, 0.25) is 0 Å². The number of nitrogens with one attached hydrogen (secondary N) is 1. The maximum absolute atomic E-state index is 12.8. The number of rotatable bonds is 6. The summed E-state index contributed by atoms with van der Waals surface area (Å²) in [4.78, 5) is 12.8. The number of piperidine rings is 1. The van der Waals surface area contributed by atoms with Crippen LogP contribution in [0, 0.1) is 5.82 Å². The van der Waals surface area contributed by atoms with E-state index < -0.39 is 5.97 Å². The van der Waals surface area contributed by atoms with Crippen molar-refractivity contribution in [3.63, 3.8) is 0 Å². The molecule has 0 radical (unpaired) electrons. The lowest BCUT2D eigenvalue weighted by Crippen LogP contribution is -2.42. The van der Waals surface area contributed by atoms with Gasteiger partial charge in [0.05, 0.1) is 6.42 Å². The molecule has 0 unspecified atom stereocenters. The van der Waals surface area contributed by atoms with Gasteiger partial charge in [-0.15, -0.1) is 12.4 Å². The van der Waals surface area contributed by atoms with Gasteiger partial charge >= 0.3 is 5.97 Å². The highest BCUT2D eigenvalue weighted by molar-refractivity contribution is 5.85. The fraction of sp³-hybridized carbons (Fsp3) is 0.533. The van der Waals surface area contributed by atoms with Crippen LogP contribution in [-0.4, -0.2) is 41.7 Å². The minimum atomic E-state index is -0.758. The molecule has 0 spiro atoms. The first-order chi connectivity index (χ1) is 9.63. The normalized spacial score (nSPS) is 16.4. The monoisotopic (exact) mass is 316 g/mol. The number of carboxylic acids is 1. The van der Waals surface area contributed by atoms with E-state index in [-0.39, 0.29) is 24.6 Å². The van der Waals surface area contributed by atoms with E-state index in [4.69, 9.17) is 5.11 Å². The largest absolute Gasteiger partial charge is 0.481 e. The highest BCUT2D eigenvalue weighted by Crippen LogP contribution is 2.14. The van der Waals surface area contributed by atoms with Crippen molar-refractivity contribution in [3.05, 3.63) is 35.6 Å². The predicted octanol–water partition coefficient (Wildman–Crippen LogP) is 2.28. The number of hydrogen-bond donors (Lipinski definition) is 2. The molecule has 2 rings (SSSR count). The quantitative estimate of drug-likeness (QED) is 0.845. The summed E-state index contributed by atoms with van der Waals surface area (Å²) in [6.45, 7) is 3.37. The van der Waals surface area contributed by atoms with Crippen molar-refractivity contribution in [2.75, 3.05) is 19.6 Å². The van der Waals surface area contributed by atoms with Gasteiger partial charge in [-0.3, -0.25) is 9.69 Å². The van der Waals surface area contributed by atoms with Crippen molar-refractivity contribution in [2.24, 2.45) is 0 Å². The molecule has 0 aliphatic carbocycles. The summed E-state index contributed by atoms with van der Waals surface area (Å²) in [7, 11) is 0. The second-order valence-electron chi connectivity index (χ2n) is 5.27. The highest BCUT2D eigenvalue weighted by Gasteiger charge is 2.18. The van der Waals surface area contributed by atoms with Gasteiger partial charge in [0, 0.05) is 19.1 Å². The molecule has 1 aromatic rings. The Morgan fingerprint density at radius 2 is 1.90 bits per heavy atom. The lowest BCUT2D eigenvalue weighted by Gasteiger charge is -2.32. The minimum absolute atomic E-state index is 0. The van der Waals surface area contributed by atoms with Gasteiger partial charge in [-0.1, -0.05) is 12.1 Å². The van der Waals surface area contributed by atoms with Crippen LogP contribution >= 0.6 is 12.4 Å². The predicted molar refractivity (Wildman–Crippen MR) is 82.2 cm³/mol. The van der Waals surface area contributed by atoms with E-state index in [1.165, 1.54) is 12.1 Å². The van der Waals surface area contributed by atoms with Crippen LogP contribution in [0.5, 0.6) is 0 Å². The van der Waals surface area contributed by atoms with Crippen LogP contribution in [0.15, 0.2) is 24.3 Å². The Bertz CT molecular complexity index is 434. The molecule has 0 saturated carbocycles. The van der Waals surface area contributed by atoms with Gasteiger partial charge in [-0.25, -0.2) is 4.39 Å². The summed E-state index contributed by atoms with van der Waals surface area (Å²) in [6.07, 6.45) is 2.23. The fourth-order valence-electron chi connectivity index (χ4n) is 2.53. The molecule has 0 atom stereocenters. The molecule has 2 N–H and O–H groups in total. The van der Waals surface area contributed by atoms with Crippen molar-refractivity contribution in [1.29, 1.82) is 0 Å². The number of aliphatic carboxylic acids is 1. The third-order valence-corrected chi connectivity index (χ3v) is 3.68. The van der Waals surface area contributed by atoms with Crippen molar-refractivity contribution >= 4 is 18.4 Å². The maximum Gasteiger partial charge on any atom is 0.304 e. The van der Waals surface area contributed by atoms with Gasteiger partial charge in [0.2, 0.25) is 0 Å². The Kier molecular flexibility index (Phi) is 7.64. The van der Waals surface area contributed by atoms with Crippen molar-refractivity contribution in [1.82, 2.24) is 10.2 Å².